The molecule has 1 aromatic rings. The molecular formula is C12H3BrClF3N4O. The SMILES string of the molecule is N#CC(C#N)=C(C#N)Nc1c(Cl)cc(Br)cc1OC(F)(F)F. The molecule has 22 heavy (non-hydrogen) atoms. The molecule has 0 fully saturated rings. The lowest BCUT2D eigenvalue weighted by atomic mass is 10.2. The number of alkyl halides is 3. The maximum atomic E-state index is 12.4. The number of anilines is 1. The van der Waals surface area contributed by atoms with Gasteiger partial charge in [-0.1, -0.05) is 27.5 Å². The molecule has 0 spiro atoms. The van der Waals surface area contributed by atoms with Gasteiger partial charge in [0.05, 0.1) is 5.02 Å². The third-order valence-electron chi connectivity index (χ3n) is 2.08. The van der Waals surface area contributed by atoms with E-state index in [4.69, 9.17) is 27.4 Å². The van der Waals surface area contributed by atoms with Crippen LogP contribution in [0.5, 0.6) is 5.75 Å². The molecule has 0 saturated carbocycles. The topological polar surface area (TPSA) is 92.6 Å². The first kappa shape index (κ1) is 17.6. The van der Waals surface area contributed by atoms with E-state index in [1.54, 1.807) is 0 Å². The van der Waals surface area contributed by atoms with Crippen molar-refractivity contribution >= 4 is 33.2 Å². The van der Waals surface area contributed by atoms with E-state index < -0.39 is 29.1 Å². The lowest BCUT2D eigenvalue weighted by molar-refractivity contribution is -0.274. The molecule has 1 aromatic carbocycles. The number of benzene rings is 1. The Hall–Kier alpha value is -2.41. The van der Waals surface area contributed by atoms with Gasteiger partial charge in [-0.25, -0.2) is 0 Å². The summed E-state index contributed by atoms with van der Waals surface area (Å²) in [5.41, 5.74) is -1.57. The van der Waals surface area contributed by atoms with Crippen molar-refractivity contribution in [1.29, 1.82) is 15.8 Å². The van der Waals surface area contributed by atoms with Crippen LogP contribution >= 0.6 is 27.5 Å². The normalized spacial score (nSPS) is 9.91. The molecule has 5 nitrogen and oxygen atoms in total. The van der Waals surface area contributed by atoms with Crippen molar-refractivity contribution in [3.63, 3.8) is 0 Å². The van der Waals surface area contributed by atoms with E-state index >= 15 is 0 Å². The summed E-state index contributed by atoms with van der Waals surface area (Å²) in [6.07, 6.45) is -5.00. The zero-order valence-corrected chi connectivity index (χ0v) is 12.6. The largest absolute Gasteiger partial charge is 0.573 e. The number of ether oxygens (including phenoxy) is 1. The summed E-state index contributed by atoms with van der Waals surface area (Å²) < 4.78 is 41.2. The standard InChI is InChI=1S/C12H3BrClF3N4O/c13-7-1-8(14)11(10(2-7)22-12(15,16)17)21-9(5-20)6(3-18)4-19/h1-2,21H. The summed E-state index contributed by atoms with van der Waals surface area (Å²) in [6.45, 7) is 0. The molecule has 0 unspecified atom stereocenters. The fourth-order valence-corrected chi connectivity index (χ4v) is 2.11. The van der Waals surface area contributed by atoms with E-state index in [-0.39, 0.29) is 9.50 Å². The molecule has 0 bridgehead atoms. The number of nitriles is 3. The van der Waals surface area contributed by atoms with E-state index in [1.165, 1.54) is 24.3 Å². The molecule has 112 valence electrons. The fraction of sp³-hybridized carbons (Fsp3) is 0.0833. The predicted molar refractivity (Wildman–Crippen MR) is 73.3 cm³/mol. The second-order valence-corrected chi connectivity index (χ2v) is 4.84. The number of allylic oxidation sites excluding steroid dienone is 2. The van der Waals surface area contributed by atoms with Gasteiger partial charge in [-0.2, -0.15) is 15.8 Å². The highest BCUT2D eigenvalue weighted by atomic mass is 79.9. The first-order valence-electron chi connectivity index (χ1n) is 5.18. The zero-order valence-electron chi connectivity index (χ0n) is 10.3. The summed E-state index contributed by atoms with van der Waals surface area (Å²) in [5, 5.41) is 28.3. The molecule has 0 aromatic heterocycles. The number of rotatable bonds is 3. The number of nitrogens with one attached hydrogen (secondary N) is 1. The van der Waals surface area contributed by atoms with Crippen molar-refractivity contribution in [2.45, 2.75) is 6.36 Å². The van der Waals surface area contributed by atoms with Gasteiger partial charge in [0.15, 0.2) is 11.3 Å². The van der Waals surface area contributed by atoms with Crippen LogP contribution in [0.25, 0.3) is 0 Å². The van der Waals surface area contributed by atoms with Crippen molar-refractivity contribution in [2.75, 3.05) is 5.32 Å². The Kier molecular flexibility index (Phi) is 5.64. The number of halogens is 5. The van der Waals surface area contributed by atoms with Crippen LogP contribution in [0.15, 0.2) is 27.9 Å². The van der Waals surface area contributed by atoms with E-state index in [0.29, 0.717) is 0 Å². The minimum absolute atomic E-state index is 0.200. The van der Waals surface area contributed by atoms with Crippen LogP contribution in [0, 0.1) is 34.0 Å². The van der Waals surface area contributed by atoms with E-state index in [1.807, 2.05) is 0 Å². The molecular weight excluding hydrogens is 389 g/mol. The Morgan fingerprint density at radius 3 is 2.23 bits per heavy atom. The summed E-state index contributed by atoms with van der Waals surface area (Å²) in [4.78, 5) is 0. The highest BCUT2D eigenvalue weighted by molar-refractivity contribution is 9.10. The lowest BCUT2D eigenvalue weighted by Crippen LogP contribution is -2.18. The van der Waals surface area contributed by atoms with Crippen LogP contribution in [0.2, 0.25) is 5.02 Å². The molecule has 10 heteroatoms. The average Bonchev–Trinajstić information content (AvgIpc) is 2.39. The molecule has 1 rings (SSSR count). The van der Waals surface area contributed by atoms with Crippen LogP contribution in [-0.4, -0.2) is 6.36 Å². The molecule has 1 N–H and O–H groups in total. The van der Waals surface area contributed by atoms with E-state index in [9.17, 15) is 13.2 Å². The second kappa shape index (κ2) is 7.04. The second-order valence-electron chi connectivity index (χ2n) is 3.52. The van der Waals surface area contributed by atoms with Gasteiger partial charge in [0.1, 0.15) is 29.6 Å². The first-order valence-corrected chi connectivity index (χ1v) is 6.35. The van der Waals surface area contributed by atoms with Gasteiger partial charge in [0.2, 0.25) is 0 Å². The maximum Gasteiger partial charge on any atom is 0.573 e. The highest BCUT2D eigenvalue weighted by Gasteiger charge is 2.33. The summed E-state index contributed by atoms with van der Waals surface area (Å²) >= 11 is 8.77. The predicted octanol–water partition coefficient (Wildman–Crippen LogP) is 4.24. The molecule has 0 radical (unpaired) electrons. The summed E-state index contributed by atoms with van der Waals surface area (Å²) in [5.74, 6) is -0.727. The Labute approximate surface area is 135 Å². The van der Waals surface area contributed by atoms with Crippen molar-refractivity contribution in [3.8, 4) is 24.0 Å². The number of hydrogen-bond acceptors (Lipinski definition) is 5. The molecule has 0 aliphatic rings. The maximum absolute atomic E-state index is 12.4. The summed E-state index contributed by atoms with van der Waals surface area (Å²) in [6, 6.07) is 6.60. The van der Waals surface area contributed by atoms with Crippen molar-refractivity contribution < 1.29 is 17.9 Å². The van der Waals surface area contributed by atoms with Gasteiger partial charge in [0, 0.05) is 4.47 Å². The molecule has 0 heterocycles. The van der Waals surface area contributed by atoms with Gasteiger partial charge in [-0.15, -0.1) is 13.2 Å². The minimum atomic E-state index is -5.00. The third kappa shape index (κ3) is 4.56. The van der Waals surface area contributed by atoms with Crippen LogP contribution in [0.1, 0.15) is 0 Å². The van der Waals surface area contributed by atoms with Gasteiger partial charge >= 0.3 is 6.36 Å². The minimum Gasteiger partial charge on any atom is -0.403 e. The van der Waals surface area contributed by atoms with Gasteiger partial charge in [0.25, 0.3) is 0 Å². The summed E-state index contributed by atoms with van der Waals surface area (Å²) in [7, 11) is 0. The van der Waals surface area contributed by atoms with Gasteiger partial charge < -0.3 is 10.1 Å². The molecule has 0 aliphatic heterocycles. The number of hydrogen-bond donors (Lipinski definition) is 1. The third-order valence-corrected chi connectivity index (χ3v) is 2.84. The van der Waals surface area contributed by atoms with Crippen LogP contribution < -0.4 is 10.1 Å². The monoisotopic (exact) mass is 390 g/mol. The number of nitrogens with zero attached hydrogens (tertiary/aromatic N) is 3. The highest BCUT2D eigenvalue weighted by Crippen LogP contribution is 2.39. The lowest BCUT2D eigenvalue weighted by Gasteiger charge is -2.16. The molecule has 0 amide bonds. The Balaban J connectivity index is 3.43. The first-order chi connectivity index (χ1) is 10.2. The van der Waals surface area contributed by atoms with Crippen molar-refractivity contribution in [3.05, 3.63) is 32.9 Å². The molecule has 0 atom stereocenters. The average molecular weight is 392 g/mol. The van der Waals surface area contributed by atoms with Crippen LogP contribution in [0.3, 0.4) is 0 Å². The van der Waals surface area contributed by atoms with E-state index in [2.05, 4.69) is 26.0 Å². The Morgan fingerprint density at radius 1 is 1.18 bits per heavy atom. The van der Waals surface area contributed by atoms with Crippen LogP contribution in [-0.2, 0) is 0 Å². The molecule has 0 saturated heterocycles. The van der Waals surface area contributed by atoms with Gasteiger partial charge in [-0.3, -0.25) is 0 Å². The van der Waals surface area contributed by atoms with Gasteiger partial charge in [-0.05, 0) is 12.1 Å². The Morgan fingerprint density at radius 2 is 1.77 bits per heavy atom. The Bertz CT molecular complexity index is 740. The van der Waals surface area contributed by atoms with E-state index in [0.717, 1.165) is 6.07 Å². The van der Waals surface area contributed by atoms with Crippen LogP contribution in [0.4, 0.5) is 18.9 Å². The smallest absolute Gasteiger partial charge is 0.403 e. The molecule has 0 aliphatic carbocycles. The quantitative estimate of drug-likeness (QED) is 0.778. The fourth-order valence-electron chi connectivity index (χ4n) is 1.28. The van der Waals surface area contributed by atoms with Crippen molar-refractivity contribution in [1.82, 2.24) is 0 Å². The zero-order chi connectivity index (χ0) is 16.9. The van der Waals surface area contributed by atoms with Crippen molar-refractivity contribution in [2.24, 2.45) is 0 Å².